The highest BCUT2D eigenvalue weighted by molar-refractivity contribution is 7.18. The molecule has 1 aliphatic rings. The lowest BCUT2D eigenvalue weighted by Crippen LogP contribution is -2.32. The lowest BCUT2D eigenvalue weighted by Gasteiger charge is -2.11. The fourth-order valence-corrected chi connectivity index (χ4v) is 5.20. The molecule has 3 aromatic rings. The van der Waals surface area contributed by atoms with Crippen molar-refractivity contribution >= 4 is 33.4 Å². The van der Waals surface area contributed by atoms with E-state index in [1.54, 1.807) is 23.5 Å². The summed E-state index contributed by atoms with van der Waals surface area (Å²) in [6.07, 6.45) is 5.58. The Kier molecular flexibility index (Phi) is 8.36. The first-order valence-corrected chi connectivity index (χ1v) is 12.6. The van der Waals surface area contributed by atoms with Crippen LogP contribution in [0.25, 0.3) is 10.2 Å². The lowest BCUT2D eigenvalue weighted by atomic mass is 9.97. The van der Waals surface area contributed by atoms with Crippen LogP contribution < -0.4 is 20.3 Å². The second kappa shape index (κ2) is 11.8. The molecular formula is C25H29N3O6S. The highest BCUT2D eigenvalue weighted by atomic mass is 32.1. The Bertz CT molecular complexity index is 1230. The number of carbonyl (C=O) groups excluding carboxylic acids is 2. The quantitative estimate of drug-likeness (QED) is 0.319. The minimum absolute atomic E-state index is 0.0203. The fourth-order valence-electron chi connectivity index (χ4n) is 3.98. The number of aromatic nitrogens is 2. The van der Waals surface area contributed by atoms with E-state index in [0.717, 1.165) is 41.8 Å². The van der Waals surface area contributed by atoms with Crippen molar-refractivity contribution in [1.29, 1.82) is 0 Å². The largest absolute Gasteiger partial charge is 0.494 e. The molecule has 0 spiro atoms. The first kappa shape index (κ1) is 24.7. The van der Waals surface area contributed by atoms with E-state index in [1.165, 1.54) is 15.8 Å². The van der Waals surface area contributed by atoms with Gasteiger partial charge in [0, 0.05) is 11.4 Å². The van der Waals surface area contributed by atoms with Crippen molar-refractivity contribution < 1.29 is 23.8 Å². The molecule has 0 aliphatic heterocycles. The van der Waals surface area contributed by atoms with Crippen LogP contribution in [-0.4, -0.2) is 47.8 Å². The maximum Gasteiger partial charge on any atom is 0.308 e. The molecular weight excluding hydrogens is 470 g/mol. The van der Waals surface area contributed by atoms with Crippen LogP contribution >= 0.6 is 11.3 Å². The van der Waals surface area contributed by atoms with Gasteiger partial charge in [0.15, 0.2) is 6.61 Å². The number of hydrogen-bond donors (Lipinski definition) is 1. The second-order valence-electron chi connectivity index (χ2n) is 8.15. The third-order valence-corrected chi connectivity index (χ3v) is 6.89. The van der Waals surface area contributed by atoms with Crippen LogP contribution in [0, 0.1) is 0 Å². The van der Waals surface area contributed by atoms with Gasteiger partial charge in [-0.25, -0.2) is 4.98 Å². The molecule has 9 nitrogen and oxygen atoms in total. The molecule has 2 heterocycles. The molecule has 1 aromatic carbocycles. The first-order valence-electron chi connectivity index (χ1n) is 11.8. The molecule has 35 heavy (non-hydrogen) atoms. The van der Waals surface area contributed by atoms with Gasteiger partial charge in [-0.3, -0.25) is 19.0 Å². The minimum atomic E-state index is -0.551. The van der Waals surface area contributed by atoms with Crippen LogP contribution in [0.5, 0.6) is 11.5 Å². The number of aryl methyl sites for hydroxylation is 3. The molecule has 1 N–H and O–H groups in total. The maximum absolute atomic E-state index is 12.9. The molecule has 0 unspecified atom stereocenters. The van der Waals surface area contributed by atoms with Gasteiger partial charge in [0.2, 0.25) is 0 Å². The molecule has 1 aliphatic carbocycles. The standard InChI is InChI=1S/C25H29N3O6S/c1-2-32-17-7-9-18(10-8-17)33-14-12-26-21(29)15-34-22(30)11-13-28-16-27-24-23(25(28)31)19-5-3-4-6-20(19)35-24/h7-10,16H,2-6,11-15H2,1H3,(H,26,29). The maximum atomic E-state index is 12.9. The van der Waals surface area contributed by atoms with Gasteiger partial charge in [-0.1, -0.05) is 0 Å². The summed E-state index contributed by atoms with van der Waals surface area (Å²) in [6, 6.07) is 7.21. The predicted molar refractivity (Wildman–Crippen MR) is 132 cm³/mol. The van der Waals surface area contributed by atoms with Crippen molar-refractivity contribution in [2.45, 2.75) is 45.6 Å². The number of thiophene rings is 1. The van der Waals surface area contributed by atoms with E-state index in [-0.39, 0.29) is 38.3 Å². The fraction of sp³-hybridized carbons (Fsp3) is 0.440. The predicted octanol–water partition coefficient (Wildman–Crippen LogP) is 2.86. The number of hydrogen-bond acceptors (Lipinski definition) is 8. The third kappa shape index (κ3) is 6.39. The number of benzene rings is 1. The molecule has 0 radical (unpaired) electrons. The van der Waals surface area contributed by atoms with Crippen molar-refractivity contribution in [1.82, 2.24) is 14.9 Å². The number of rotatable bonds is 11. The lowest BCUT2D eigenvalue weighted by molar-refractivity contribution is -0.148. The van der Waals surface area contributed by atoms with E-state index < -0.39 is 11.9 Å². The van der Waals surface area contributed by atoms with Crippen LogP contribution in [0.15, 0.2) is 35.4 Å². The number of carbonyl (C=O) groups is 2. The molecule has 4 rings (SSSR count). The summed E-state index contributed by atoms with van der Waals surface area (Å²) >= 11 is 1.59. The highest BCUT2D eigenvalue weighted by Gasteiger charge is 2.20. The topological polar surface area (TPSA) is 109 Å². The Balaban J connectivity index is 1.17. The van der Waals surface area contributed by atoms with Crippen LogP contribution in [0.1, 0.15) is 36.6 Å². The molecule has 0 atom stereocenters. The molecule has 0 saturated heterocycles. The Morgan fingerprint density at radius 1 is 1.11 bits per heavy atom. The van der Waals surface area contributed by atoms with Gasteiger partial charge in [0.05, 0.1) is 31.3 Å². The third-order valence-electron chi connectivity index (χ3n) is 5.69. The molecule has 186 valence electrons. The first-order chi connectivity index (χ1) is 17.0. The van der Waals surface area contributed by atoms with Crippen molar-refractivity contribution in [2.24, 2.45) is 0 Å². The summed E-state index contributed by atoms with van der Waals surface area (Å²) in [5.74, 6) is 0.464. The van der Waals surface area contributed by atoms with E-state index in [0.29, 0.717) is 17.7 Å². The van der Waals surface area contributed by atoms with Crippen LogP contribution in [0.4, 0.5) is 0 Å². The van der Waals surface area contributed by atoms with Crippen molar-refractivity contribution in [3.05, 3.63) is 51.4 Å². The monoisotopic (exact) mass is 499 g/mol. The molecule has 2 aromatic heterocycles. The average molecular weight is 500 g/mol. The van der Waals surface area contributed by atoms with Crippen LogP contribution in [-0.2, 0) is 33.7 Å². The zero-order valence-electron chi connectivity index (χ0n) is 19.7. The summed E-state index contributed by atoms with van der Waals surface area (Å²) in [5.41, 5.74) is 1.00. The summed E-state index contributed by atoms with van der Waals surface area (Å²) in [7, 11) is 0. The Labute approximate surface area is 207 Å². The number of nitrogens with one attached hydrogen (secondary N) is 1. The van der Waals surface area contributed by atoms with Crippen molar-refractivity contribution in [3.8, 4) is 11.5 Å². The van der Waals surface area contributed by atoms with E-state index in [4.69, 9.17) is 14.2 Å². The molecule has 0 bridgehead atoms. The van der Waals surface area contributed by atoms with Crippen molar-refractivity contribution in [3.63, 3.8) is 0 Å². The zero-order chi connectivity index (χ0) is 24.6. The second-order valence-corrected chi connectivity index (χ2v) is 9.23. The Morgan fingerprint density at radius 2 is 1.86 bits per heavy atom. The zero-order valence-corrected chi connectivity index (χ0v) is 20.5. The van der Waals surface area contributed by atoms with Crippen molar-refractivity contribution in [2.75, 3.05) is 26.4 Å². The van der Waals surface area contributed by atoms with Gasteiger partial charge in [-0.15, -0.1) is 11.3 Å². The molecule has 0 fully saturated rings. The summed E-state index contributed by atoms with van der Waals surface area (Å²) in [4.78, 5) is 43.4. The van der Waals surface area contributed by atoms with E-state index >= 15 is 0 Å². The molecule has 10 heteroatoms. The van der Waals surface area contributed by atoms with Crippen LogP contribution in [0.3, 0.4) is 0 Å². The average Bonchev–Trinajstić information content (AvgIpc) is 3.25. The normalized spacial score (nSPS) is 12.7. The van der Waals surface area contributed by atoms with Gasteiger partial charge in [0.25, 0.3) is 11.5 Å². The van der Waals surface area contributed by atoms with Gasteiger partial charge >= 0.3 is 5.97 Å². The Hall–Kier alpha value is -3.40. The molecule has 1 amide bonds. The number of amides is 1. The highest BCUT2D eigenvalue weighted by Crippen LogP contribution is 2.33. The number of esters is 1. The number of ether oxygens (including phenoxy) is 3. The SMILES string of the molecule is CCOc1ccc(OCCNC(=O)COC(=O)CCn2cnc3sc4c(c3c2=O)CCCC4)cc1. The van der Waals surface area contributed by atoms with Gasteiger partial charge in [-0.2, -0.15) is 0 Å². The van der Waals surface area contributed by atoms with Crippen LogP contribution in [0.2, 0.25) is 0 Å². The van der Waals surface area contributed by atoms with E-state index in [2.05, 4.69) is 10.3 Å². The summed E-state index contributed by atoms with van der Waals surface area (Å²) in [5, 5.41) is 3.33. The van der Waals surface area contributed by atoms with Gasteiger partial charge in [-0.05, 0) is 62.4 Å². The van der Waals surface area contributed by atoms with Gasteiger partial charge in [0.1, 0.15) is 22.9 Å². The minimum Gasteiger partial charge on any atom is -0.494 e. The van der Waals surface area contributed by atoms with E-state index in [1.807, 2.05) is 19.1 Å². The summed E-state index contributed by atoms with van der Waals surface area (Å²) < 4.78 is 17.4. The number of fused-ring (bicyclic) bond motifs is 3. The smallest absolute Gasteiger partial charge is 0.308 e. The van der Waals surface area contributed by atoms with Gasteiger partial charge < -0.3 is 19.5 Å². The number of nitrogens with zero attached hydrogens (tertiary/aromatic N) is 2. The Morgan fingerprint density at radius 3 is 2.63 bits per heavy atom. The van der Waals surface area contributed by atoms with E-state index in [9.17, 15) is 14.4 Å². The molecule has 0 saturated carbocycles. The summed E-state index contributed by atoms with van der Waals surface area (Å²) in [6.45, 7) is 2.83.